The van der Waals surface area contributed by atoms with E-state index < -0.39 is 0 Å². The predicted octanol–water partition coefficient (Wildman–Crippen LogP) is 2.30. The zero-order valence-electron chi connectivity index (χ0n) is 8.70. The third kappa shape index (κ3) is 2.32. The van der Waals surface area contributed by atoms with Crippen LogP contribution in [0.4, 0.5) is 0 Å². The van der Waals surface area contributed by atoms with Crippen molar-refractivity contribution in [3.05, 3.63) is 34.3 Å². The molecule has 1 saturated carbocycles. The van der Waals surface area contributed by atoms with Crippen LogP contribution in [0.3, 0.4) is 0 Å². The Morgan fingerprint density at radius 2 is 2.12 bits per heavy atom. The molecule has 16 heavy (non-hydrogen) atoms. The Morgan fingerprint density at radius 1 is 1.38 bits per heavy atom. The van der Waals surface area contributed by atoms with Gasteiger partial charge in [0.1, 0.15) is 0 Å². The highest BCUT2D eigenvalue weighted by atomic mass is 79.9. The van der Waals surface area contributed by atoms with E-state index >= 15 is 0 Å². The Hall–Kier alpha value is -1.16. The van der Waals surface area contributed by atoms with E-state index in [1.807, 2.05) is 12.1 Å². The normalized spacial score (nSPS) is 19.8. The second-order valence-corrected chi connectivity index (χ2v) is 4.72. The summed E-state index contributed by atoms with van der Waals surface area (Å²) in [5.41, 5.74) is 0.571. The lowest BCUT2D eigenvalue weighted by molar-refractivity contribution is -0.118. The van der Waals surface area contributed by atoms with Crippen LogP contribution in [0.25, 0.3) is 0 Å². The third-order valence-corrected chi connectivity index (χ3v) is 3.42. The fourth-order valence-corrected chi connectivity index (χ4v) is 2.31. The fourth-order valence-electron chi connectivity index (χ4n) is 1.85. The van der Waals surface area contributed by atoms with E-state index in [1.165, 1.54) is 0 Å². The van der Waals surface area contributed by atoms with E-state index in [0.29, 0.717) is 12.0 Å². The van der Waals surface area contributed by atoms with Crippen molar-refractivity contribution in [3.63, 3.8) is 0 Å². The van der Waals surface area contributed by atoms with Crippen LogP contribution in [0.5, 0.6) is 0 Å². The second-order valence-electron chi connectivity index (χ2n) is 3.86. The van der Waals surface area contributed by atoms with Gasteiger partial charge in [-0.25, -0.2) is 0 Å². The molecule has 3 nitrogen and oxygen atoms in total. The molecular weight excluding hydrogens is 270 g/mol. The molecule has 1 aliphatic rings. The van der Waals surface area contributed by atoms with Crippen molar-refractivity contribution in [2.24, 2.45) is 0 Å². The number of benzene rings is 1. The Balaban J connectivity index is 2.09. The zero-order chi connectivity index (χ0) is 11.5. The lowest BCUT2D eigenvalue weighted by atomic mass is 10.2. The molecule has 1 fully saturated rings. The maximum Gasteiger partial charge on any atom is 0.253 e. The average molecular weight is 282 g/mol. The standard InChI is InChI=1S/C12H12BrNO2/c13-9-5-2-1-4-8(9)12(16)14-10-6-3-7-11(10)15/h1-2,4-5,10H,3,6-7H2,(H,14,16)/t10-/m1/s1. The minimum absolute atomic E-state index is 0.139. The van der Waals surface area contributed by atoms with Crippen molar-refractivity contribution in [1.29, 1.82) is 0 Å². The molecule has 1 aliphatic carbocycles. The minimum Gasteiger partial charge on any atom is -0.342 e. The van der Waals surface area contributed by atoms with Crippen LogP contribution in [-0.4, -0.2) is 17.7 Å². The minimum atomic E-state index is -0.292. The number of amides is 1. The number of carbonyl (C=O) groups excluding carboxylic acids is 2. The largest absolute Gasteiger partial charge is 0.342 e. The van der Waals surface area contributed by atoms with Gasteiger partial charge in [0.25, 0.3) is 5.91 Å². The monoisotopic (exact) mass is 281 g/mol. The summed E-state index contributed by atoms with van der Waals surface area (Å²) in [5.74, 6) is -0.0480. The molecule has 4 heteroatoms. The summed E-state index contributed by atoms with van der Waals surface area (Å²) in [4.78, 5) is 23.3. The molecule has 1 N–H and O–H groups in total. The molecule has 2 rings (SSSR count). The van der Waals surface area contributed by atoms with Crippen molar-refractivity contribution < 1.29 is 9.59 Å². The molecule has 84 valence electrons. The molecule has 0 saturated heterocycles. The van der Waals surface area contributed by atoms with Gasteiger partial charge < -0.3 is 5.32 Å². The van der Waals surface area contributed by atoms with Gasteiger partial charge in [0, 0.05) is 10.9 Å². The molecule has 0 bridgehead atoms. The summed E-state index contributed by atoms with van der Waals surface area (Å²) >= 11 is 3.32. The average Bonchev–Trinajstić information content (AvgIpc) is 2.65. The van der Waals surface area contributed by atoms with Crippen molar-refractivity contribution in [1.82, 2.24) is 5.32 Å². The second kappa shape index (κ2) is 4.78. The van der Waals surface area contributed by atoms with Gasteiger partial charge in [0.15, 0.2) is 5.78 Å². The summed E-state index contributed by atoms with van der Waals surface area (Å²) in [6.45, 7) is 0. The van der Waals surface area contributed by atoms with Crippen LogP contribution in [0.1, 0.15) is 29.6 Å². The summed E-state index contributed by atoms with van der Waals surface area (Å²) in [7, 11) is 0. The summed E-state index contributed by atoms with van der Waals surface area (Å²) in [6, 6.07) is 6.90. The van der Waals surface area contributed by atoms with E-state index in [0.717, 1.165) is 17.3 Å². The van der Waals surface area contributed by atoms with Crippen LogP contribution in [-0.2, 0) is 4.79 Å². The van der Waals surface area contributed by atoms with Crippen molar-refractivity contribution in [2.45, 2.75) is 25.3 Å². The van der Waals surface area contributed by atoms with Gasteiger partial charge in [-0.2, -0.15) is 0 Å². The van der Waals surface area contributed by atoms with Crippen LogP contribution < -0.4 is 5.32 Å². The molecule has 0 heterocycles. The first-order chi connectivity index (χ1) is 7.68. The number of rotatable bonds is 2. The van der Waals surface area contributed by atoms with Gasteiger partial charge in [-0.1, -0.05) is 12.1 Å². The SMILES string of the molecule is O=C(N[C@@H]1CCCC1=O)c1ccccc1Br. The van der Waals surface area contributed by atoms with Gasteiger partial charge in [-0.05, 0) is 40.9 Å². The van der Waals surface area contributed by atoms with E-state index in [1.54, 1.807) is 12.1 Å². The van der Waals surface area contributed by atoms with E-state index in [-0.39, 0.29) is 17.7 Å². The number of carbonyl (C=O) groups is 2. The van der Waals surface area contributed by atoms with Gasteiger partial charge in [-0.3, -0.25) is 9.59 Å². The highest BCUT2D eigenvalue weighted by Crippen LogP contribution is 2.18. The van der Waals surface area contributed by atoms with Crippen LogP contribution in [0, 0.1) is 0 Å². The van der Waals surface area contributed by atoms with E-state index in [4.69, 9.17) is 0 Å². The Morgan fingerprint density at radius 3 is 2.75 bits per heavy atom. The first-order valence-corrected chi connectivity index (χ1v) is 6.06. The number of Topliss-reactive ketones (excluding diaryl/α,β-unsaturated/α-hetero) is 1. The van der Waals surface area contributed by atoms with Crippen LogP contribution in [0.2, 0.25) is 0 Å². The number of nitrogens with one attached hydrogen (secondary N) is 1. The highest BCUT2D eigenvalue weighted by molar-refractivity contribution is 9.10. The Labute approximate surface area is 102 Å². The van der Waals surface area contributed by atoms with Crippen molar-refractivity contribution in [3.8, 4) is 0 Å². The first kappa shape index (κ1) is 11.3. The van der Waals surface area contributed by atoms with Gasteiger partial charge >= 0.3 is 0 Å². The number of halogens is 1. The lowest BCUT2D eigenvalue weighted by Gasteiger charge is -2.11. The van der Waals surface area contributed by atoms with Gasteiger partial charge in [0.05, 0.1) is 11.6 Å². The van der Waals surface area contributed by atoms with Crippen LogP contribution >= 0.6 is 15.9 Å². The molecule has 0 aromatic heterocycles. The summed E-state index contributed by atoms with van der Waals surface area (Å²) in [5, 5.41) is 2.77. The first-order valence-electron chi connectivity index (χ1n) is 5.26. The predicted molar refractivity (Wildman–Crippen MR) is 64.3 cm³/mol. The molecule has 1 aromatic carbocycles. The third-order valence-electron chi connectivity index (χ3n) is 2.73. The smallest absolute Gasteiger partial charge is 0.253 e. The molecule has 0 unspecified atom stereocenters. The molecule has 0 spiro atoms. The highest BCUT2D eigenvalue weighted by Gasteiger charge is 2.26. The van der Waals surface area contributed by atoms with Gasteiger partial charge in [-0.15, -0.1) is 0 Å². The lowest BCUT2D eigenvalue weighted by Crippen LogP contribution is -2.37. The topological polar surface area (TPSA) is 46.2 Å². The Bertz CT molecular complexity index is 431. The molecule has 1 atom stereocenters. The maximum atomic E-state index is 11.9. The number of hydrogen-bond acceptors (Lipinski definition) is 2. The molecule has 1 aromatic rings. The Kier molecular flexibility index (Phi) is 3.39. The maximum absolute atomic E-state index is 11.9. The number of hydrogen-bond donors (Lipinski definition) is 1. The van der Waals surface area contributed by atoms with Crippen molar-refractivity contribution in [2.75, 3.05) is 0 Å². The molecule has 0 aliphatic heterocycles. The number of ketones is 1. The molecular formula is C12H12BrNO2. The van der Waals surface area contributed by atoms with E-state index in [2.05, 4.69) is 21.2 Å². The fraction of sp³-hybridized carbons (Fsp3) is 0.333. The quantitative estimate of drug-likeness (QED) is 0.904. The van der Waals surface area contributed by atoms with Crippen molar-refractivity contribution >= 4 is 27.6 Å². The zero-order valence-corrected chi connectivity index (χ0v) is 10.3. The summed E-state index contributed by atoms with van der Waals surface area (Å²) < 4.78 is 0.748. The van der Waals surface area contributed by atoms with Gasteiger partial charge in [0.2, 0.25) is 0 Å². The van der Waals surface area contributed by atoms with Crippen LogP contribution in [0.15, 0.2) is 28.7 Å². The summed E-state index contributed by atoms with van der Waals surface area (Å²) in [6.07, 6.45) is 2.22. The molecule has 1 amide bonds. The van der Waals surface area contributed by atoms with E-state index in [9.17, 15) is 9.59 Å². The molecule has 0 radical (unpaired) electrons.